The minimum Gasteiger partial charge on any atom is -0.481 e. The molecule has 0 aliphatic carbocycles. The van der Waals surface area contributed by atoms with Crippen molar-refractivity contribution in [3.05, 3.63) is 144 Å². The molecule has 2 nitrogen and oxygen atoms in total. The molecule has 4 aromatic rings. The molecule has 0 saturated carbocycles. The van der Waals surface area contributed by atoms with Crippen LogP contribution in [0.5, 0.6) is 0 Å². The Morgan fingerprint density at radius 1 is 0.658 bits per heavy atom. The number of carboxylic acids is 1. The standard InChI is InChI=1S/C34H36O2S2/c35-33(36)24-14-13-23-32(37-27-28-15-5-1-6-16-28)25-26-38-34(29-17-7-2-8-18-29,30-19-9-3-10-20-30)31-21-11-4-12-22-31/h1-12,15-22,32H,13-14,23-27H2,(H,35,36). The molecule has 0 aliphatic rings. The third-order valence-corrected chi connectivity index (χ3v) is 9.82. The van der Waals surface area contributed by atoms with Gasteiger partial charge in [0.05, 0.1) is 4.75 Å². The zero-order valence-corrected chi connectivity index (χ0v) is 23.4. The van der Waals surface area contributed by atoms with E-state index in [1.54, 1.807) is 0 Å². The molecule has 38 heavy (non-hydrogen) atoms. The molecule has 196 valence electrons. The van der Waals surface area contributed by atoms with E-state index < -0.39 is 5.97 Å². The zero-order chi connectivity index (χ0) is 26.5. The predicted molar refractivity (Wildman–Crippen MR) is 164 cm³/mol. The molecule has 0 heterocycles. The van der Waals surface area contributed by atoms with Crippen LogP contribution in [0.25, 0.3) is 0 Å². The highest BCUT2D eigenvalue weighted by Crippen LogP contribution is 2.49. The summed E-state index contributed by atoms with van der Waals surface area (Å²) in [6, 6.07) is 43.2. The molecular weight excluding hydrogens is 505 g/mol. The lowest BCUT2D eigenvalue weighted by molar-refractivity contribution is -0.137. The zero-order valence-electron chi connectivity index (χ0n) is 21.7. The Labute approximate surface area is 235 Å². The first-order valence-electron chi connectivity index (χ1n) is 13.4. The largest absolute Gasteiger partial charge is 0.481 e. The van der Waals surface area contributed by atoms with E-state index in [4.69, 9.17) is 5.11 Å². The quantitative estimate of drug-likeness (QED) is 0.121. The number of unbranched alkanes of at least 4 members (excludes halogenated alkanes) is 1. The van der Waals surface area contributed by atoms with Gasteiger partial charge in [-0.1, -0.05) is 128 Å². The van der Waals surface area contributed by atoms with Gasteiger partial charge in [0, 0.05) is 17.4 Å². The lowest BCUT2D eigenvalue weighted by Gasteiger charge is -2.36. The molecule has 4 heteroatoms. The Balaban J connectivity index is 1.56. The van der Waals surface area contributed by atoms with E-state index in [-0.39, 0.29) is 11.2 Å². The maximum atomic E-state index is 11.0. The van der Waals surface area contributed by atoms with Gasteiger partial charge in [-0.2, -0.15) is 11.8 Å². The highest BCUT2D eigenvalue weighted by atomic mass is 32.2. The first-order valence-corrected chi connectivity index (χ1v) is 15.4. The van der Waals surface area contributed by atoms with Crippen molar-refractivity contribution in [2.24, 2.45) is 0 Å². The average Bonchev–Trinajstić information content (AvgIpc) is 2.97. The highest BCUT2D eigenvalue weighted by Gasteiger charge is 2.36. The Kier molecular flexibility index (Phi) is 11.0. The fourth-order valence-corrected chi connectivity index (χ4v) is 7.86. The summed E-state index contributed by atoms with van der Waals surface area (Å²) in [5.41, 5.74) is 5.21. The molecule has 0 aliphatic heterocycles. The monoisotopic (exact) mass is 540 g/mol. The second kappa shape index (κ2) is 14.8. The van der Waals surface area contributed by atoms with E-state index >= 15 is 0 Å². The number of aliphatic carboxylic acids is 1. The Morgan fingerprint density at radius 3 is 1.61 bits per heavy atom. The summed E-state index contributed by atoms with van der Waals surface area (Å²) in [6.07, 6.45) is 4.06. The van der Waals surface area contributed by atoms with Gasteiger partial charge < -0.3 is 5.11 Å². The Morgan fingerprint density at radius 2 is 1.13 bits per heavy atom. The molecule has 0 aromatic heterocycles. The van der Waals surface area contributed by atoms with Crippen LogP contribution in [0.3, 0.4) is 0 Å². The topological polar surface area (TPSA) is 37.3 Å². The molecule has 1 unspecified atom stereocenters. The average molecular weight is 541 g/mol. The van der Waals surface area contributed by atoms with E-state index in [1.807, 2.05) is 23.5 Å². The SMILES string of the molecule is O=C(O)CCCCC(CCSC(c1ccccc1)(c1ccccc1)c1ccccc1)SCc1ccccc1. The Hall–Kier alpha value is -2.95. The summed E-state index contributed by atoms with van der Waals surface area (Å²) >= 11 is 4.03. The molecule has 0 amide bonds. The lowest BCUT2D eigenvalue weighted by atomic mass is 9.84. The van der Waals surface area contributed by atoms with Gasteiger partial charge in [-0.3, -0.25) is 4.79 Å². The van der Waals surface area contributed by atoms with Crippen LogP contribution in [0.1, 0.15) is 54.4 Å². The lowest BCUT2D eigenvalue weighted by Crippen LogP contribution is -2.26. The van der Waals surface area contributed by atoms with Crippen molar-refractivity contribution >= 4 is 29.5 Å². The fraction of sp³-hybridized carbons (Fsp3) is 0.265. The van der Waals surface area contributed by atoms with Crippen LogP contribution in [0.15, 0.2) is 121 Å². The van der Waals surface area contributed by atoms with Crippen molar-refractivity contribution in [1.29, 1.82) is 0 Å². The number of hydrogen-bond donors (Lipinski definition) is 1. The van der Waals surface area contributed by atoms with Crippen molar-refractivity contribution < 1.29 is 9.90 Å². The minimum absolute atomic E-state index is 0.254. The van der Waals surface area contributed by atoms with Crippen LogP contribution in [-0.4, -0.2) is 22.1 Å². The molecule has 4 rings (SSSR count). The number of carbonyl (C=O) groups is 1. The van der Waals surface area contributed by atoms with Crippen molar-refractivity contribution in [3.63, 3.8) is 0 Å². The molecule has 1 N–H and O–H groups in total. The predicted octanol–water partition coefficient (Wildman–Crippen LogP) is 9.05. The number of carboxylic acid groups (broad SMARTS) is 1. The van der Waals surface area contributed by atoms with Gasteiger partial charge in [0.1, 0.15) is 0 Å². The van der Waals surface area contributed by atoms with Gasteiger partial charge in [0.25, 0.3) is 0 Å². The summed E-state index contributed by atoms with van der Waals surface area (Å²) in [6.45, 7) is 0. The summed E-state index contributed by atoms with van der Waals surface area (Å²) in [5.74, 6) is 1.29. The maximum absolute atomic E-state index is 11.0. The smallest absolute Gasteiger partial charge is 0.303 e. The van der Waals surface area contributed by atoms with Gasteiger partial charge >= 0.3 is 5.97 Å². The van der Waals surface area contributed by atoms with Crippen molar-refractivity contribution in [3.8, 4) is 0 Å². The molecule has 0 fully saturated rings. The third-order valence-electron chi connectivity index (χ3n) is 6.79. The Bertz CT molecular complexity index is 1120. The first-order chi connectivity index (χ1) is 18.7. The normalized spacial score (nSPS) is 12.2. The van der Waals surface area contributed by atoms with Crippen LogP contribution >= 0.6 is 23.5 Å². The van der Waals surface area contributed by atoms with Gasteiger partial charge in [-0.25, -0.2) is 0 Å². The second-order valence-electron chi connectivity index (χ2n) is 9.47. The summed E-state index contributed by atoms with van der Waals surface area (Å²) in [7, 11) is 0. The third kappa shape index (κ3) is 7.78. The van der Waals surface area contributed by atoms with E-state index in [0.29, 0.717) is 5.25 Å². The van der Waals surface area contributed by atoms with Gasteiger partial charge in [0.2, 0.25) is 0 Å². The second-order valence-corrected chi connectivity index (χ2v) is 12.1. The molecule has 0 spiro atoms. The minimum atomic E-state index is -0.701. The van der Waals surface area contributed by atoms with Gasteiger partial charge in [-0.15, -0.1) is 11.8 Å². The molecule has 0 radical (unpaired) electrons. The summed E-state index contributed by atoms with van der Waals surface area (Å²) in [5, 5.41) is 9.56. The highest BCUT2D eigenvalue weighted by molar-refractivity contribution is 8.01. The van der Waals surface area contributed by atoms with Crippen molar-refractivity contribution in [2.75, 3.05) is 5.75 Å². The van der Waals surface area contributed by atoms with Crippen LogP contribution < -0.4 is 0 Å². The van der Waals surface area contributed by atoms with Crippen LogP contribution in [-0.2, 0) is 15.3 Å². The maximum Gasteiger partial charge on any atom is 0.303 e. The van der Waals surface area contributed by atoms with Gasteiger partial charge in [-0.05, 0) is 47.3 Å². The molecule has 1 atom stereocenters. The summed E-state index contributed by atoms with van der Waals surface area (Å²) < 4.78 is -0.304. The number of benzene rings is 4. The van der Waals surface area contributed by atoms with Crippen molar-refractivity contribution in [1.82, 2.24) is 0 Å². The fourth-order valence-electron chi connectivity index (χ4n) is 4.86. The van der Waals surface area contributed by atoms with Crippen LogP contribution in [0, 0.1) is 0 Å². The van der Waals surface area contributed by atoms with E-state index in [2.05, 4.69) is 121 Å². The number of thioether (sulfide) groups is 2. The molecule has 4 aromatic carbocycles. The molecular formula is C34H36O2S2. The van der Waals surface area contributed by atoms with Crippen molar-refractivity contribution in [2.45, 2.75) is 47.9 Å². The van der Waals surface area contributed by atoms with Crippen LogP contribution in [0.4, 0.5) is 0 Å². The first kappa shape index (κ1) is 28.1. The van der Waals surface area contributed by atoms with Crippen LogP contribution in [0.2, 0.25) is 0 Å². The van der Waals surface area contributed by atoms with E-state index in [0.717, 1.165) is 37.2 Å². The molecule has 0 saturated heterocycles. The number of rotatable bonds is 15. The van der Waals surface area contributed by atoms with E-state index in [1.165, 1.54) is 22.3 Å². The van der Waals surface area contributed by atoms with Gasteiger partial charge in [0.15, 0.2) is 0 Å². The summed E-state index contributed by atoms with van der Waals surface area (Å²) in [4.78, 5) is 11.0. The van der Waals surface area contributed by atoms with E-state index in [9.17, 15) is 4.79 Å². The number of hydrogen-bond acceptors (Lipinski definition) is 3. The molecule has 0 bridgehead atoms.